The first-order valence-corrected chi connectivity index (χ1v) is 8.25. The molecule has 1 N–H and O–H groups in total. The summed E-state index contributed by atoms with van der Waals surface area (Å²) < 4.78 is 0. The van der Waals surface area contributed by atoms with Gasteiger partial charge in [-0.15, -0.1) is 0 Å². The molecule has 94 valence electrons. The lowest BCUT2D eigenvalue weighted by molar-refractivity contribution is -0.124. The van der Waals surface area contributed by atoms with Crippen LogP contribution in [-0.2, 0) is 4.79 Å². The molecule has 1 aliphatic rings. The lowest BCUT2D eigenvalue weighted by atomic mass is 9.99. The molecule has 0 spiro atoms. The van der Waals surface area contributed by atoms with Crippen LogP contribution >= 0.6 is 27.7 Å². The fourth-order valence-corrected chi connectivity index (χ4v) is 4.18. The van der Waals surface area contributed by atoms with Gasteiger partial charge in [-0.1, -0.05) is 42.6 Å². The number of carbonyl (C=O) groups excluding carboxylic acids is 1. The van der Waals surface area contributed by atoms with Crippen molar-refractivity contribution in [3.63, 3.8) is 0 Å². The molecule has 2 nitrogen and oxygen atoms in total. The standard InChI is InChI=1S/C12H22BrNOS/c1-3-9(4-2)11(13)7-14-12(15)10-5-6-16-8-10/h9-11H,3-8H2,1-2H3,(H,14,15). The molecule has 0 bridgehead atoms. The number of alkyl halides is 1. The van der Waals surface area contributed by atoms with E-state index in [2.05, 4.69) is 35.1 Å². The average molecular weight is 308 g/mol. The second-order valence-corrected chi connectivity index (χ2v) is 6.72. The fraction of sp³-hybridized carbons (Fsp3) is 0.917. The summed E-state index contributed by atoms with van der Waals surface area (Å²) in [6, 6.07) is 0. The van der Waals surface area contributed by atoms with Gasteiger partial charge in [0.25, 0.3) is 0 Å². The van der Waals surface area contributed by atoms with Gasteiger partial charge in [-0.2, -0.15) is 11.8 Å². The number of carbonyl (C=O) groups is 1. The van der Waals surface area contributed by atoms with Crippen LogP contribution in [0.1, 0.15) is 33.1 Å². The van der Waals surface area contributed by atoms with Gasteiger partial charge in [-0.05, 0) is 18.1 Å². The molecule has 16 heavy (non-hydrogen) atoms. The summed E-state index contributed by atoms with van der Waals surface area (Å²) in [5, 5.41) is 3.07. The molecule has 0 aromatic rings. The Morgan fingerprint density at radius 3 is 2.69 bits per heavy atom. The Kier molecular flexibility index (Phi) is 6.81. The average Bonchev–Trinajstić information content (AvgIpc) is 2.81. The van der Waals surface area contributed by atoms with Crippen LogP contribution in [0.25, 0.3) is 0 Å². The maximum absolute atomic E-state index is 11.8. The van der Waals surface area contributed by atoms with Crippen molar-refractivity contribution in [2.75, 3.05) is 18.1 Å². The van der Waals surface area contributed by atoms with E-state index in [9.17, 15) is 4.79 Å². The molecular formula is C12H22BrNOS. The number of hydrogen-bond acceptors (Lipinski definition) is 2. The Morgan fingerprint density at radius 2 is 2.19 bits per heavy atom. The van der Waals surface area contributed by atoms with Crippen LogP contribution < -0.4 is 5.32 Å². The van der Waals surface area contributed by atoms with E-state index < -0.39 is 0 Å². The van der Waals surface area contributed by atoms with Crippen molar-refractivity contribution in [3.05, 3.63) is 0 Å². The Morgan fingerprint density at radius 1 is 1.50 bits per heavy atom. The number of nitrogens with one attached hydrogen (secondary N) is 1. The zero-order valence-electron chi connectivity index (χ0n) is 10.2. The maximum Gasteiger partial charge on any atom is 0.224 e. The van der Waals surface area contributed by atoms with Crippen LogP contribution in [0.4, 0.5) is 0 Å². The largest absolute Gasteiger partial charge is 0.355 e. The minimum absolute atomic E-state index is 0.250. The fourth-order valence-electron chi connectivity index (χ4n) is 2.05. The molecule has 0 aliphatic carbocycles. The molecule has 1 aliphatic heterocycles. The van der Waals surface area contributed by atoms with Crippen LogP contribution in [0.5, 0.6) is 0 Å². The van der Waals surface area contributed by atoms with E-state index in [4.69, 9.17) is 0 Å². The highest BCUT2D eigenvalue weighted by Crippen LogP contribution is 2.24. The monoisotopic (exact) mass is 307 g/mol. The van der Waals surface area contributed by atoms with Gasteiger partial charge in [0.1, 0.15) is 0 Å². The smallest absolute Gasteiger partial charge is 0.224 e. The van der Waals surface area contributed by atoms with Crippen LogP contribution in [-0.4, -0.2) is 28.8 Å². The molecule has 1 rings (SSSR count). The molecule has 0 saturated carbocycles. The minimum Gasteiger partial charge on any atom is -0.355 e. The number of halogens is 1. The van der Waals surface area contributed by atoms with Gasteiger partial charge in [0, 0.05) is 23.0 Å². The topological polar surface area (TPSA) is 29.1 Å². The van der Waals surface area contributed by atoms with Crippen LogP contribution in [0, 0.1) is 11.8 Å². The Bertz CT molecular complexity index is 215. The van der Waals surface area contributed by atoms with Gasteiger partial charge in [-0.25, -0.2) is 0 Å². The van der Waals surface area contributed by atoms with Gasteiger partial charge in [-0.3, -0.25) is 4.79 Å². The predicted molar refractivity (Wildman–Crippen MR) is 75.2 cm³/mol. The van der Waals surface area contributed by atoms with Crippen molar-refractivity contribution < 1.29 is 4.79 Å². The zero-order chi connectivity index (χ0) is 12.0. The molecular weight excluding hydrogens is 286 g/mol. The van der Waals surface area contributed by atoms with Crippen LogP contribution in [0.15, 0.2) is 0 Å². The van der Waals surface area contributed by atoms with Crippen molar-refractivity contribution in [1.82, 2.24) is 5.32 Å². The van der Waals surface area contributed by atoms with Crippen molar-refractivity contribution in [2.24, 2.45) is 11.8 Å². The van der Waals surface area contributed by atoms with Crippen molar-refractivity contribution >= 4 is 33.6 Å². The molecule has 0 aromatic heterocycles. The molecule has 2 atom stereocenters. The van der Waals surface area contributed by atoms with E-state index >= 15 is 0 Å². The molecule has 0 aromatic carbocycles. The van der Waals surface area contributed by atoms with E-state index in [0.29, 0.717) is 10.7 Å². The Hall–Kier alpha value is 0.300. The summed E-state index contributed by atoms with van der Waals surface area (Å²) in [6.45, 7) is 5.18. The SMILES string of the molecule is CCC(CC)C(Br)CNC(=O)C1CCSC1. The molecule has 2 unspecified atom stereocenters. The summed E-state index contributed by atoms with van der Waals surface area (Å²) in [4.78, 5) is 12.2. The number of amides is 1. The highest BCUT2D eigenvalue weighted by Gasteiger charge is 2.24. The van der Waals surface area contributed by atoms with Crippen LogP contribution in [0.2, 0.25) is 0 Å². The lowest BCUT2D eigenvalue weighted by Gasteiger charge is -2.20. The first kappa shape index (κ1) is 14.4. The van der Waals surface area contributed by atoms with Gasteiger partial charge in [0.05, 0.1) is 0 Å². The molecule has 1 saturated heterocycles. The normalized spacial score (nSPS) is 22.4. The van der Waals surface area contributed by atoms with Crippen molar-refractivity contribution in [3.8, 4) is 0 Å². The summed E-state index contributed by atoms with van der Waals surface area (Å²) >= 11 is 5.57. The van der Waals surface area contributed by atoms with E-state index in [1.165, 1.54) is 12.8 Å². The summed E-state index contributed by atoms with van der Waals surface area (Å²) in [5.74, 6) is 3.32. The summed E-state index contributed by atoms with van der Waals surface area (Å²) in [5.41, 5.74) is 0. The third kappa shape index (κ3) is 4.28. The van der Waals surface area contributed by atoms with Crippen molar-refractivity contribution in [2.45, 2.75) is 37.9 Å². The third-order valence-electron chi connectivity index (χ3n) is 3.33. The molecule has 4 heteroatoms. The molecule has 1 amide bonds. The third-order valence-corrected chi connectivity index (χ3v) is 5.57. The van der Waals surface area contributed by atoms with Crippen LogP contribution in [0.3, 0.4) is 0 Å². The maximum atomic E-state index is 11.8. The van der Waals surface area contributed by atoms with E-state index in [0.717, 1.165) is 24.5 Å². The van der Waals surface area contributed by atoms with Gasteiger partial charge >= 0.3 is 0 Å². The Labute approximate surface area is 111 Å². The summed E-state index contributed by atoms with van der Waals surface area (Å²) in [7, 11) is 0. The second kappa shape index (κ2) is 7.59. The molecule has 1 fully saturated rings. The zero-order valence-corrected chi connectivity index (χ0v) is 12.6. The number of thioether (sulfide) groups is 1. The van der Waals surface area contributed by atoms with Gasteiger partial charge < -0.3 is 5.32 Å². The second-order valence-electron chi connectivity index (χ2n) is 4.40. The van der Waals surface area contributed by atoms with E-state index in [1.807, 2.05) is 11.8 Å². The minimum atomic E-state index is 0.250. The highest BCUT2D eigenvalue weighted by molar-refractivity contribution is 9.09. The van der Waals surface area contributed by atoms with E-state index in [1.54, 1.807) is 0 Å². The number of hydrogen-bond donors (Lipinski definition) is 1. The summed E-state index contributed by atoms with van der Waals surface area (Å²) in [6.07, 6.45) is 3.39. The highest BCUT2D eigenvalue weighted by atomic mass is 79.9. The Balaban J connectivity index is 2.24. The predicted octanol–water partition coefficient (Wildman–Crippen LogP) is 3.06. The first-order valence-electron chi connectivity index (χ1n) is 6.18. The molecule has 1 heterocycles. The van der Waals surface area contributed by atoms with E-state index in [-0.39, 0.29) is 11.8 Å². The number of rotatable bonds is 6. The lowest BCUT2D eigenvalue weighted by Crippen LogP contribution is -2.36. The quantitative estimate of drug-likeness (QED) is 0.764. The first-order chi connectivity index (χ1) is 7.69. The van der Waals surface area contributed by atoms with Gasteiger partial charge in [0.15, 0.2) is 0 Å². The molecule has 0 radical (unpaired) electrons. The van der Waals surface area contributed by atoms with Gasteiger partial charge in [0.2, 0.25) is 5.91 Å². The van der Waals surface area contributed by atoms with Crippen molar-refractivity contribution in [1.29, 1.82) is 0 Å².